The Kier molecular flexibility index (Phi) is 3.67. The van der Waals surface area contributed by atoms with Crippen LogP contribution in [-0.4, -0.2) is 18.6 Å². The molecule has 0 aliphatic carbocycles. The van der Waals surface area contributed by atoms with E-state index in [9.17, 15) is 17.2 Å². The molecule has 1 aromatic carbocycles. The van der Waals surface area contributed by atoms with Gasteiger partial charge in [-0.1, -0.05) is 5.16 Å². The van der Waals surface area contributed by atoms with Crippen LogP contribution in [0.15, 0.2) is 27.9 Å². The van der Waals surface area contributed by atoms with Gasteiger partial charge in [0.15, 0.2) is 18.2 Å². The lowest BCUT2D eigenvalue weighted by Crippen LogP contribution is -2.05. The maximum absolute atomic E-state index is 13.5. The highest BCUT2D eigenvalue weighted by atomic mass is 35.7. The van der Waals surface area contributed by atoms with Gasteiger partial charge in [0.1, 0.15) is 10.7 Å². The molecule has 2 aromatic rings. The lowest BCUT2D eigenvalue weighted by atomic mass is 10.3. The molecule has 19 heavy (non-hydrogen) atoms. The zero-order valence-electron chi connectivity index (χ0n) is 9.01. The Balaban J connectivity index is 2.38. The molecule has 0 bridgehead atoms. The van der Waals surface area contributed by atoms with Crippen molar-refractivity contribution in [3.8, 4) is 5.75 Å². The molecule has 0 aliphatic rings. The van der Waals surface area contributed by atoms with Crippen molar-refractivity contribution in [2.45, 2.75) is 11.5 Å². The molecular weight excluding hydrogens is 306 g/mol. The number of hydrogen-bond acceptors (Lipinski definition) is 6. The van der Waals surface area contributed by atoms with Gasteiger partial charge in [-0.05, 0) is 6.07 Å². The molecule has 0 aliphatic heterocycles. The van der Waals surface area contributed by atoms with E-state index in [0.29, 0.717) is 12.1 Å². The van der Waals surface area contributed by atoms with Crippen molar-refractivity contribution in [3.63, 3.8) is 0 Å². The molecule has 0 saturated carbocycles. The molecule has 0 amide bonds. The smallest absolute Gasteiger partial charge is 0.265 e. The lowest BCUT2D eigenvalue weighted by molar-refractivity contribution is 0.265. The first-order valence-corrected chi connectivity index (χ1v) is 7.00. The molecule has 6 nitrogen and oxygen atoms in total. The normalized spacial score (nSPS) is 11.5. The van der Waals surface area contributed by atoms with Crippen molar-refractivity contribution < 1.29 is 26.5 Å². The van der Waals surface area contributed by atoms with E-state index in [1.807, 2.05) is 0 Å². The summed E-state index contributed by atoms with van der Waals surface area (Å²) in [5.74, 6) is -2.95. The van der Waals surface area contributed by atoms with Crippen molar-refractivity contribution >= 4 is 19.7 Å². The highest BCUT2D eigenvalue weighted by Crippen LogP contribution is 2.31. The Hall–Kier alpha value is -1.74. The van der Waals surface area contributed by atoms with Crippen LogP contribution in [0, 0.1) is 11.6 Å². The minimum Gasteiger partial charge on any atom is -0.481 e. The zero-order valence-corrected chi connectivity index (χ0v) is 10.6. The quantitative estimate of drug-likeness (QED) is 0.802. The maximum atomic E-state index is 13.5. The molecule has 102 valence electrons. The monoisotopic (exact) mass is 310 g/mol. The van der Waals surface area contributed by atoms with Crippen LogP contribution in [0.1, 0.15) is 5.82 Å². The second kappa shape index (κ2) is 5.10. The number of rotatable bonds is 4. The molecule has 0 radical (unpaired) electrons. The van der Waals surface area contributed by atoms with Crippen LogP contribution in [-0.2, 0) is 15.7 Å². The number of aromatic nitrogens is 2. The molecule has 1 heterocycles. The van der Waals surface area contributed by atoms with Crippen LogP contribution < -0.4 is 4.74 Å². The van der Waals surface area contributed by atoms with E-state index in [0.717, 1.165) is 6.39 Å². The standard InChI is InChI=1S/C9H5ClF2N2O4S/c10-19(15,16)7-2-5(11)1-6(12)9(7)17-3-8-13-4-18-14-8/h1-2,4H,3H2. The average molecular weight is 311 g/mol. The molecule has 10 heteroatoms. The Morgan fingerprint density at radius 1 is 1.37 bits per heavy atom. The minimum absolute atomic E-state index is 0.0571. The summed E-state index contributed by atoms with van der Waals surface area (Å²) in [5.41, 5.74) is 0. The largest absolute Gasteiger partial charge is 0.481 e. The first kappa shape index (κ1) is 13.7. The summed E-state index contributed by atoms with van der Waals surface area (Å²) < 4.78 is 58.3. The predicted molar refractivity (Wildman–Crippen MR) is 58.0 cm³/mol. The highest BCUT2D eigenvalue weighted by Gasteiger charge is 2.23. The van der Waals surface area contributed by atoms with E-state index in [4.69, 9.17) is 15.4 Å². The first-order chi connectivity index (χ1) is 8.88. The fourth-order valence-corrected chi connectivity index (χ4v) is 2.23. The molecule has 0 atom stereocenters. The summed E-state index contributed by atoms with van der Waals surface area (Å²) in [6.07, 6.45) is 1.01. The van der Waals surface area contributed by atoms with Crippen molar-refractivity contribution in [2.75, 3.05) is 0 Å². The van der Waals surface area contributed by atoms with Gasteiger partial charge in [-0.3, -0.25) is 0 Å². The van der Waals surface area contributed by atoms with Gasteiger partial charge in [0.2, 0.25) is 12.2 Å². The molecule has 0 N–H and O–H groups in total. The Morgan fingerprint density at radius 2 is 2.11 bits per heavy atom. The molecule has 1 aromatic heterocycles. The number of halogens is 3. The summed E-state index contributed by atoms with van der Waals surface area (Å²) >= 11 is 0. The Morgan fingerprint density at radius 3 is 2.68 bits per heavy atom. The second-order valence-electron chi connectivity index (χ2n) is 3.29. The molecule has 0 spiro atoms. The van der Waals surface area contributed by atoms with E-state index in [1.165, 1.54) is 0 Å². The predicted octanol–water partition coefficient (Wildman–Crippen LogP) is 1.85. The fourth-order valence-electron chi connectivity index (χ4n) is 1.25. The van der Waals surface area contributed by atoms with Crippen LogP contribution >= 0.6 is 10.7 Å². The number of nitrogens with zero attached hydrogens (tertiary/aromatic N) is 2. The first-order valence-electron chi connectivity index (χ1n) is 4.69. The van der Waals surface area contributed by atoms with Gasteiger partial charge in [-0.25, -0.2) is 17.2 Å². The van der Waals surface area contributed by atoms with E-state index in [2.05, 4.69) is 14.7 Å². The Bertz CT molecular complexity index is 690. The highest BCUT2D eigenvalue weighted by molar-refractivity contribution is 8.13. The van der Waals surface area contributed by atoms with Crippen molar-refractivity contribution in [1.82, 2.24) is 10.1 Å². The molecule has 2 rings (SSSR count). The van der Waals surface area contributed by atoms with Gasteiger partial charge in [-0.2, -0.15) is 4.98 Å². The third kappa shape index (κ3) is 3.18. The van der Waals surface area contributed by atoms with Crippen molar-refractivity contribution in [3.05, 3.63) is 36.0 Å². The van der Waals surface area contributed by atoms with Crippen LogP contribution in [0.5, 0.6) is 5.75 Å². The second-order valence-corrected chi connectivity index (χ2v) is 5.82. The van der Waals surface area contributed by atoms with Crippen LogP contribution in [0.3, 0.4) is 0 Å². The van der Waals surface area contributed by atoms with Gasteiger partial charge in [0.05, 0.1) is 0 Å². The van der Waals surface area contributed by atoms with E-state index in [-0.39, 0.29) is 12.4 Å². The maximum Gasteiger partial charge on any atom is 0.265 e. The topological polar surface area (TPSA) is 82.3 Å². The van der Waals surface area contributed by atoms with Gasteiger partial charge in [0, 0.05) is 16.7 Å². The SMILES string of the molecule is O=S(=O)(Cl)c1cc(F)cc(F)c1OCc1ncon1. The van der Waals surface area contributed by atoms with E-state index < -0.39 is 31.3 Å². The zero-order chi connectivity index (χ0) is 14.0. The van der Waals surface area contributed by atoms with E-state index in [1.54, 1.807) is 0 Å². The summed E-state index contributed by atoms with van der Waals surface area (Å²) in [7, 11) is 0.711. The third-order valence-corrected chi connectivity index (χ3v) is 3.32. The number of ether oxygens (including phenoxy) is 1. The molecule has 0 saturated heterocycles. The number of benzene rings is 1. The minimum atomic E-state index is -4.37. The van der Waals surface area contributed by atoms with Crippen LogP contribution in [0.25, 0.3) is 0 Å². The van der Waals surface area contributed by atoms with Gasteiger partial charge < -0.3 is 9.26 Å². The summed E-state index contributed by atoms with van der Waals surface area (Å²) in [6.45, 7) is -0.363. The van der Waals surface area contributed by atoms with Gasteiger partial charge in [-0.15, -0.1) is 0 Å². The van der Waals surface area contributed by atoms with Crippen LogP contribution in [0.4, 0.5) is 8.78 Å². The fraction of sp³-hybridized carbons (Fsp3) is 0.111. The molecular formula is C9H5ClF2N2O4S. The Labute approximate surface area is 110 Å². The van der Waals surface area contributed by atoms with Crippen LogP contribution in [0.2, 0.25) is 0 Å². The molecule has 0 unspecified atom stereocenters. The number of hydrogen-bond donors (Lipinski definition) is 0. The lowest BCUT2D eigenvalue weighted by Gasteiger charge is -2.09. The van der Waals surface area contributed by atoms with E-state index >= 15 is 0 Å². The average Bonchev–Trinajstić information content (AvgIpc) is 2.78. The van der Waals surface area contributed by atoms with Crippen molar-refractivity contribution in [2.24, 2.45) is 0 Å². The summed E-state index contributed by atoms with van der Waals surface area (Å²) in [4.78, 5) is 2.78. The van der Waals surface area contributed by atoms with Crippen molar-refractivity contribution in [1.29, 1.82) is 0 Å². The summed E-state index contributed by atoms with van der Waals surface area (Å²) in [6, 6.07) is 1.02. The summed E-state index contributed by atoms with van der Waals surface area (Å²) in [5, 5.41) is 3.38. The third-order valence-electron chi connectivity index (χ3n) is 1.99. The molecule has 0 fully saturated rings. The van der Waals surface area contributed by atoms with Gasteiger partial charge >= 0.3 is 0 Å². The van der Waals surface area contributed by atoms with Gasteiger partial charge in [0.25, 0.3) is 9.05 Å².